The van der Waals surface area contributed by atoms with Crippen LogP contribution in [-0.2, 0) is 0 Å². The Kier molecular flexibility index (Phi) is 4.91. The van der Waals surface area contributed by atoms with E-state index in [1.807, 2.05) is 66.7 Å². The summed E-state index contributed by atoms with van der Waals surface area (Å²) in [4.78, 5) is 15.8. The fourth-order valence-electron chi connectivity index (χ4n) is 2.87. The standard InChI is InChI=1S/C23H17NO3S/c1-15-21(23(25)26)28-22(24-15)18-9-13-20(14-10-18)27-19-11-7-17(8-12-19)16-5-3-2-4-6-16/h2-14H,1H3,(H,25,26). The Morgan fingerprint density at radius 1 is 0.821 bits per heavy atom. The summed E-state index contributed by atoms with van der Waals surface area (Å²) in [6.07, 6.45) is 0. The molecule has 4 rings (SSSR count). The smallest absolute Gasteiger partial charge is 0.347 e. The third kappa shape index (κ3) is 3.80. The Balaban J connectivity index is 1.49. The average Bonchev–Trinajstić information content (AvgIpc) is 3.12. The molecule has 138 valence electrons. The number of aromatic nitrogens is 1. The van der Waals surface area contributed by atoms with Crippen LogP contribution in [0.4, 0.5) is 0 Å². The van der Waals surface area contributed by atoms with E-state index < -0.39 is 5.97 Å². The first kappa shape index (κ1) is 17.9. The number of carbonyl (C=O) groups is 1. The zero-order chi connectivity index (χ0) is 19.5. The molecule has 28 heavy (non-hydrogen) atoms. The minimum Gasteiger partial charge on any atom is -0.477 e. The van der Waals surface area contributed by atoms with Crippen molar-refractivity contribution in [1.82, 2.24) is 4.98 Å². The van der Waals surface area contributed by atoms with Crippen LogP contribution in [0.15, 0.2) is 78.9 Å². The fourth-order valence-corrected chi connectivity index (χ4v) is 3.78. The summed E-state index contributed by atoms with van der Waals surface area (Å²) >= 11 is 1.18. The molecule has 3 aromatic carbocycles. The first-order chi connectivity index (χ1) is 13.6. The lowest BCUT2D eigenvalue weighted by Gasteiger charge is -2.07. The highest BCUT2D eigenvalue weighted by Gasteiger charge is 2.15. The van der Waals surface area contributed by atoms with Gasteiger partial charge in [0.2, 0.25) is 0 Å². The average molecular weight is 387 g/mol. The zero-order valence-electron chi connectivity index (χ0n) is 15.1. The van der Waals surface area contributed by atoms with Crippen LogP contribution in [0, 0.1) is 6.92 Å². The van der Waals surface area contributed by atoms with Crippen LogP contribution >= 0.6 is 11.3 Å². The Hall–Kier alpha value is -3.44. The normalized spacial score (nSPS) is 10.6. The van der Waals surface area contributed by atoms with Crippen LogP contribution in [0.2, 0.25) is 0 Å². The van der Waals surface area contributed by atoms with Gasteiger partial charge in [-0.3, -0.25) is 0 Å². The molecule has 0 atom stereocenters. The van der Waals surface area contributed by atoms with E-state index in [4.69, 9.17) is 4.74 Å². The molecule has 1 N–H and O–H groups in total. The highest BCUT2D eigenvalue weighted by molar-refractivity contribution is 7.17. The molecule has 0 bridgehead atoms. The Labute approximate surface area is 166 Å². The van der Waals surface area contributed by atoms with Crippen molar-refractivity contribution in [3.8, 4) is 33.2 Å². The van der Waals surface area contributed by atoms with Crippen LogP contribution in [0.25, 0.3) is 21.7 Å². The molecule has 0 fully saturated rings. The molecule has 0 radical (unpaired) electrons. The van der Waals surface area contributed by atoms with Gasteiger partial charge in [-0.05, 0) is 54.4 Å². The fraction of sp³-hybridized carbons (Fsp3) is 0.0435. The van der Waals surface area contributed by atoms with Gasteiger partial charge in [-0.15, -0.1) is 11.3 Å². The number of benzene rings is 3. The van der Waals surface area contributed by atoms with Gasteiger partial charge in [0, 0.05) is 5.56 Å². The summed E-state index contributed by atoms with van der Waals surface area (Å²) in [5.41, 5.74) is 3.70. The van der Waals surface area contributed by atoms with E-state index in [1.54, 1.807) is 6.92 Å². The van der Waals surface area contributed by atoms with E-state index in [-0.39, 0.29) is 4.88 Å². The monoisotopic (exact) mass is 387 g/mol. The van der Waals surface area contributed by atoms with Gasteiger partial charge in [-0.1, -0.05) is 42.5 Å². The number of aryl methyl sites for hydroxylation is 1. The van der Waals surface area contributed by atoms with Crippen molar-refractivity contribution in [2.75, 3.05) is 0 Å². The van der Waals surface area contributed by atoms with Gasteiger partial charge in [-0.25, -0.2) is 9.78 Å². The van der Waals surface area contributed by atoms with Gasteiger partial charge in [-0.2, -0.15) is 0 Å². The number of aromatic carboxylic acids is 1. The van der Waals surface area contributed by atoms with Gasteiger partial charge < -0.3 is 9.84 Å². The van der Waals surface area contributed by atoms with Gasteiger partial charge in [0.1, 0.15) is 21.4 Å². The topological polar surface area (TPSA) is 59.4 Å². The quantitative estimate of drug-likeness (QED) is 0.438. The van der Waals surface area contributed by atoms with Crippen molar-refractivity contribution in [3.63, 3.8) is 0 Å². The lowest BCUT2D eigenvalue weighted by atomic mass is 10.1. The molecule has 0 aliphatic carbocycles. The first-order valence-electron chi connectivity index (χ1n) is 8.74. The minimum absolute atomic E-state index is 0.272. The highest BCUT2D eigenvalue weighted by atomic mass is 32.1. The number of ether oxygens (including phenoxy) is 1. The second kappa shape index (κ2) is 7.66. The van der Waals surface area contributed by atoms with Crippen LogP contribution in [-0.4, -0.2) is 16.1 Å². The summed E-state index contributed by atoms with van der Waals surface area (Å²) in [6.45, 7) is 1.71. The lowest BCUT2D eigenvalue weighted by Crippen LogP contribution is -1.94. The molecule has 0 spiro atoms. The summed E-state index contributed by atoms with van der Waals surface area (Å²) in [7, 11) is 0. The third-order valence-electron chi connectivity index (χ3n) is 4.29. The van der Waals surface area contributed by atoms with Crippen molar-refractivity contribution < 1.29 is 14.6 Å². The maximum Gasteiger partial charge on any atom is 0.347 e. The summed E-state index contributed by atoms with van der Waals surface area (Å²) in [5, 5.41) is 9.87. The Morgan fingerprint density at radius 2 is 1.36 bits per heavy atom. The van der Waals surface area contributed by atoms with Crippen molar-refractivity contribution in [3.05, 3.63) is 89.4 Å². The maximum atomic E-state index is 11.2. The van der Waals surface area contributed by atoms with Crippen molar-refractivity contribution in [2.45, 2.75) is 6.92 Å². The van der Waals surface area contributed by atoms with Gasteiger partial charge in [0.25, 0.3) is 0 Å². The number of hydrogen-bond acceptors (Lipinski definition) is 4. The van der Waals surface area contributed by atoms with E-state index in [2.05, 4.69) is 17.1 Å². The molecule has 0 saturated heterocycles. The number of carboxylic acid groups (broad SMARTS) is 1. The summed E-state index contributed by atoms with van der Waals surface area (Å²) < 4.78 is 5.92. The maximum absolute atomic E-state index is 11.2. The molecule has 0 aliphatic heterocycles. The van der Waals surface area contributed by atoms with Crippen LogP contribution in [0.1, 0.15) is 15.4 Å². The molecule has 0 saturated carbocycles. The van der Waals surface area contributed by atoms with Crippen molar-refractivity contribution >= 4 is 17.3 Å². The van der Waals surface area contributed by atoms with Crippen molar-refractivity contribution in [1.29, 1.82) is 0 Å². The number of rotatable bonds is 5. The third-order valence-corrected chi connectivity index (χ3v) is 5.48. The number of thiazole rings is 1. The summed E-state index contributed by atoms with van der Waals surface area (Å²) in [6, 6.07) is 25.6. The minimum atomic E-state index is -0.944. The van der Waals surface area contributed by atoms with Crippen LogP contribution < -0.4 is 4.74 Å². The Bertz CT molecular complexity index is 1100. The predicted octanol–water partition coefficient (Wildman–Crippen LogP) is 6.28. The van der Waals surface area contributed by atoms with Gasteiger partial charge >= 0.3 is 5.97 Å². The SMILES string of the molecule is Cc1nc(-c2ccc(Oc3ccc(-c4ccccc4)cc3)cc2)sc1C(=O)O. The molecule has 4 aromatic rings. The number of carboxylic acids is 1. The molecule has 0 aliphatic rings. The molecule has 1 heterocycles. The van der Waals surface area contributed by atoms with Crippen LogP contribution in [0.5, 0.6) is 11.5 Å². The van der Waals surface area contributed by atoms with E-state index in [1.165, 1.54) is 11.3 Å². The van der Waals surface area contributed by atoms with Gasteiger partial charge in [0.05, 0.1) is 5.69 Å². The number of hydrogen-bond donors (Lipinski definition) is 1. The second-order valence-electron chi connectivity index (χ2n) is 6.26. The predicted molar refractivity (Wildman–Crippen MR) is 111 cm³/mol. The van der Waals surface area contributed by atoms with E-state index in [0.29, 0.717) is 16.5 Å². The lowest BCUT2D eigenvalue weighted by molar-refractivity contribution is 0.0701. The van der Waals surface area contributed by atoms with E-state index in [9.17, 15) is 9.90 Å². The zero-order valence-corrected chi connectivity index (χ0v) is 15.9. The van der Waals surface area contributed by atoms with E-state index >= 15 is 0 Å². The summed E-state index contributed by atoms with van der Waals surface area (Å²) in [5.74, 6) is 0.522. The molecule has 1 aromatic heterocycles. The molecule has 5 heteroatoms. The van der Waals surface area contributed by atoms with Crippen molar-refractivity contribution in [2.24, 2.45) is 0 Å². The molecule has 0 amide bonds. The second-order valence-corrected chi connectivity index (χ2v) is 7.25. The molecular formula is C23H17NO3S. The number of nitrogens with zero attached hydrogens (tertiary/aromatic N) is 1. The van der Waals surface area contributed by atoms with E-state index in [0.717, 1.165) is 22.4 Å². The molecule has 4 nitrogen and oxygen atoms in total. The Morgan fingerprint density at radius 3 is 1.89 bits per heavy atom. The highest BCUT2D eigenvalue weighted by Crippen LogP contribution is 2.31. The van der Waals surface area contributed by atoms with Gasteiger partial charge in [0.15, 0.2) is 0 Å². The molecule has 0 unspecified atom stereocenters. The molecular weight excluding hydrogens is 370 g/mol. The first-order valence-corrected chi connectivity index (χ1v) is 9.56. The largest absolute Gasteiger partial charge is 0.477 e. The van der Waals surface area contributed by atoms with Crippen LogP contribution in [0.3, 0.4) is 0 Å².